The van der Waals surface area contributed by atoms with Crippen LogP contribution in [0.5, 0.6) is 0 Å². The van der Waals surface area contributed by atoms with E-state index in [1.54, 1.807) is 6.07 Å². The molecule has 3 fully saturated rings. The molecule has 3 aliphatic rings. The number of hydrogen-bond acceptors (Lipinski definition) is 6. The van der Waals surface area contributed by atoms with Crippen LogP contribution < -0.4 is 10.7 Å². The maximum Gasteiger partial charge on any atom is 0.331 e. The summed E-state index contributed by atoms with van der Waals surface area (Å²) in [5.74, 6) is -2.27. The first-order chi connectivity index (χ1) is 12.5. The molecule has 4 rings (SSSR count). The summed E-state index contributed by atoms with van der Waals surface area (Å²) in [6, 6.07) is 2.18. The van der Waals surface area contributed by atoms with Crippen LogP contribution in [0, 0.1) is 17.8 Å². The second-order valence-corrected chi connectivity index (χ2v) is 6.92. The maximum absolute atomic E-state index is 12.7. The van der Waals surface area contributed by atoms with Crippen LogP contribution in [0.15, 0.2) is 27.9 Å². The Hall–Kier alpha value is -2.97. The first kappa shape index (κ1) is 16.5. The van der Waals surface area contributed by atoms with Gasteiger partial charge in [0.1, 0.15) is 0 Å². The van der Waals surface area contributed by atoms with Crippen molar-refractivity contribution in [2.24, 2.45) is 22.9 Å². The number of furan rings is 1. The summed E-state index contributed by atoms with van der Waals surface area (Å²) in [5, 5.41) is 5.90. The Morgan fingerprint density at radius 3 is 2.81 bits per heavy atom. The lowest BCUT2D eigenvalue weighted by molar-refractivity contribution is -0.141. The number of barbiturate groups is 1. The topological polar surface area (TPSA) is 121 Å². The normalized spacial score (nSPS) is 30.9. The molecule has 4 atom stereocenters. The van der Waals surface area contributed by atoms with Gasteiger partial charge in [0.2, 0.25) is 11.8 Å². The third kappa shape index (κ3) is 2.79. The van der Waals surface area contributed by atoms with Gasteiger partial charge in [0.15, 0.2) is 11.7 Å². The predicted molar refractivity (Wildman–Crippen MR) is 87.8 cm³/mol. The van der Waals surface area contributed by atoms with Crippen molar-refractivity contribution in [1.82, 2.24) is 15.6 Å². The number of hydrogen-bond donors (Lipinski definition) is 2. The number of hydrazone groups is 1. The highest BCUT2D eigenvalue weighted by Gasteiger charge is 2.50. The molecule has 2 saturated carbocycles. The summed E-state index contributed by atoms with van der Waals surface area (Å²) in [6.45, 7) is 0. The largest absolute Gasteiger partial charge is 0.459 e. The van der Waals surface area contributed by atoms with Crippen molar-refractivity contribution in [3.63, 3.8) is 0 Å². The zero-order chi connectivity index (χ0) is 18.3. The van der Waals surface area contributed by atoms with E-state index in [9.17, 15) is 19.2 Å². The Morgan fingerprint density at radius 2 is 2.15 bits per heavy atom. The molecule has 9 heteroatoms. The molecule has 1 saturated heterocycles. The van der Waals surface area contributed by atoms with E-state index in [0.29, 0.717) is 11.8 Å². The van der Waals surface area contributed by atoms with E-state index in [0.717, 1.165) is 31.9 Å². The molecule has 26 heavy (non-hydrogen) atoms. The number of carbonyl (C=O) groups excluding carboxylic acids is 4. The van der Waals surface area contributed by atoms with Crippen LogP contribution in [0.3, 0.4) is 0 Å². The van der Waals surface area contributed by atoms with Gasteiger partial charge in [-0.05, 0) is 43.2 Å². The minimum Gasteiger partial charge on any atom is -0.459 e. The van der Waals surface area contributed by atoms with Crippen molar-refractivity contribution in [3.05, 3.63) is 24.2 Å². The van der Waals surface area contributed by atoms with E-state index < -0.39 is 29.7 Å². The second kappa shape index (κ2) is 6.40. The van der Waals surface area contributed by atoms with Gasteiger partial charge in [-0.25, -0.2) is 10.2 Å². The SMILES string of the molecule is O=C(N/N=C\[C@H]1C(=O)NC(=O)N([C@@H]2C[C@H]3CC[C@H]2C3)C1=O)c1ccco1. The first-order valence-electron chi connectivity index (χ1n) is 8.59. The number of nitrogens with zero attached hydrogens (tertiary/aromatic N) is 2. The maximum atomic E-state index is 12.7. The van der Waals surface area contributed by atoms with Crippen molar-refractivity contribution >= 4 is 30.0 Å². The number of imide groups is 2. The fourth-order valence-corrected chi connectivity index (χ4v) is 4.21. The van der Waals surface area contributed by atoms with Crippen molar-refractivity contribution in [2.45, 2.75) is 31.7 Å². The highest BCUT2D eigenvalue weighted by Crippen LogP contribution is 2.47. The van der Waals surface area contributed by atoms with Crippen LogP contribution >= 0.6 is 0 Å². The van der Waals surface area contributed by atoms with E-state index >= 15 is 0 Å². The Bertz CT molecular complexity index is 787. The molecule has 0 spiro atoms. The van der Waals surface area contributed by atoms with Gasteiger partial charge in [0.25, 0.3) is 0 Å². The van der Waals surface area contributed by atoms with Crippen molar-refractivity contribution in [2.75, 3.05) is 0 Å². The summed E-state index contributed by atoms with van der Waals surface area (Å²) in [5.41, 5.74) is 2.20. The summed E-state index contributed by atoms with van der Waals surface area (Å²) < 4.78 is 4.92. The van der Waals surface area contributed by atoms with Crippen LogP contribution in [-0.2, 0) is 9.59 Å². The third-order valence-corrected chi connectivity index (χ3v) is 5.40. The first-order valence-corrected chi connectivity index (χ1v) is 8.59. The Morgan fingerprint density at radius 1 is 1.31 bits per heavy atom. The molecule has 2 bridgehead atoms. The van der Waals surface area contributed by atoms with Gasteiger partial charge in [0, 0.05) is 12.3 Å². The van der Waals surface area contributed by atoms with Gasteiger partial charge in [-0.2, -0.15) is 5.10 Å². The molecule has 136 valence electrons. The summed E-state index contributed by atoms with van der Waals surface area (Å²) >= 11 is 0. The van der Waals surface area contributed by atoms with Crippen molar-refractivity contribution < 1.29 is 23.6 Å². The molecular weight excluding hydrogens is 340 g/mol. The molecular formula is C17H18N4O5. The Balaban J connectivity index is 1.46. The van der Waals surface area contributed by atoms with Gasteiger partial charge < -0.3 is 4.42 Å². The average Bonchev–Trinajstić information content (AvgIpc) is 3.34. The monoisotopic (exact) mass is 358 g/mol. The Kier molecular flexibility index (Phi) is 4.06. The minimum atomic E-state index is -1.25. The molecule has 5 amide bonds. The van der Waals surface area contributed by atoms with E-state index in [2.05, 4.69) is 15.8 Å². The summed E-state index contributed by atoms with van der Waals surface area (Å²) in [6.07, 6.45) is 6.33. The van der Waals surface area contributed by atoms with Crippen LogP contribution in [0.4, 0.5) is 4.79 Å². The molecule has 2 N–H and O–H groups in total. The lowest BCUT2D eigenvalue weighted by atomic mass is 9.92. The van der Waals surface area contributed by atoms with Crippen molar-refractivity contribution in [1.29, 1.82) is 0 Å². The van der Waals surface area contributed by atoms with Crippen molar-refractivity contribution in [3.8, 4) is 0 Å². The molecule has 0 aromatic carbocycles. The zero-order valence-corrected chi connectivity index (χ0v) is 13.9. The quantitative estimate of drug-likeness (QED) is 0.470. The fourth-order valence-electron chi connectivity index (χ4n) is 4.21. The van der Waals surface area contributed by atoms with Gasteiger partial charge in [-0.3, -0.25) is 24.6 Å². The zero-order valence-electron chi connectivity index (χ0n) is 13.9. The minimum absolute atomic E-state index is 0.0559. The summed E-state index contributed by atoms with van der Waals surface area (Å²) in [4.78, 5) is 49.9. The number of carbonyl (C=O) groups is 4. The number of rotatable bonds is 4. The van der Waals surface area contributed by atoms with E-state index in [1.807, 2.05) is 0 Å². The van der Waals surface area contributed by atoms with Gasteiger partial charge in [-0.1, -0.05) is 6.42 Å². The Labute approximate surface area is 148 Å². The van der Waals surface area contributed by atoms with E-state index in [1.165, 1.54) is 17.2 Å². The summed E-state index contributed by atoms with van der Waals surface area (Å²) in [7, 11) is 0. The standard InChI is InChI=1S/C17H18N4O5/c22-14-11(8-18-20-15(23)13-2-1-5-26-13)16(24)21(17(25)19-14)12-7-9-3-4-10(12)6-9/h1-2,5,8-12H,3-4,6-7H2,(H,20,23)(H,19,22,25)/b18-8-/t9-,10-,11-,12+/m0/s1. The number of fused-ring (bicyclic) bond motifs is 2. The molecule has 1 aliphatic heterocycles. The van der Waals surface area contributed by atoms with Crippen LogP contribution in [0.1, 0.15) is 36.2 Å². The van der Waals surface area contributed by atoms with Crippen LogP contribution in [-0.4, -0.2) is 40.9 Å². The molecule has 0 unspecified atom stereocenters. The molecule has 2 heterocycles. The fraction of sp³-hybridized carbons (Fsp3) is 0.471. The van der Waals surface area contributed by atoms with Crippen LogP contribution in [0.2, 0.25) is 0 Å². The molecule has 1 aromatic heterocycles. The number of urea groups is 1. The van der Waals surface area contributed by atoms with Gasteiger partial charge in [-0.15, -0.1) is 0 Å². The molecule has 1 aromatic rings. The van der Waals surface area contributed by atoms with Gasteiger partial charge >= 0.3 is 11.9 Å². The molecule has 2 aliphatic carbocycles. The second-order valence-electron chi connectivity index (χ2n) is 6.92. The predicted octanol–water partition coefficient (Wildman–Crippen LogP) is 0.878. The number of nitrogens with one attached hydrogen (secondary N) is 2. The highest BCUT2D eigenvalue weighted by molar-refractivity contribution is 6.23. The lowest BCUT2D eigenvalue weighted by Crippen LogP contribution is -2.62. The molecule has 0 radical (unpaired) electrons. The smallest absolute Gasteiger partial charge is 0.331 e. The van der Waals surface area contributed by atoms with Gasteiger partial charge in [0.05, 0.1) is 6.26 Å². The van der Waals surface area contributed by atoms with Crippen LogP contribution in [0.25, 0.3) is 0 Å². The third-order valence-electron chi connectivity index (χ3n) is 5.40. The molecule has 9 nitrogen and oxygen atoms in total. The lowest BCUT2D eigenvalue weighted by Gasteiger charge is -2.36. The highest BCUT2D eigenvalue weighted by atomic mass is 16.3. The average molecular weight is 358 g/mol. The van der Waals surface area contributed by atoms with E-state index in [-0.39, 0.29) is 11.8 Å². The van der Waals surface area contributed by atoms with E-state index in [4.69, 9.17) is 4.42 Å². The number of amides is 5.